The molecular weight excluding hydrogens is 230 g/mol. The average molecular weight is 240 g/mol. The zero-order valence-corrected chi connectivity index (χ0v) is 8.73. The molecule has 90 valence electrons. The van der Waals surface area contributed by atoms with Gasteiger partial charge in [-0.2, -0.15) is 4.98 Å². The second-order valence-electron chi connectivity index (χ2n) is 3.22. The summed E-state index contributed by atoms with van der Waals surface area (Å²) in [5.41, 5.74) is 2.83. The molecule has 1 heterocycles. The number of nitrogens with two attached hydrogens (primary N) is 1. The van der Waals surface area contributed by atoms with Gasteiger partial charge >= 0.3 is 0 Å². The third-order valence-corrected chi connectivity index (χ3v) is 2.04. The number of hydrazine groups is 1. The number of hydrogen-bond donors (Lipinski definition) is 2. The van der Waals surface area contributed by atoms with E-state index in [1.807, 2.05) is 0 Å². The van der Waals surface area contributed by atoms with E-state index in [4.69, 9.17) is 10.6 Å². The maximum atomic E-state index is 12.1. The Morgan fingerprint density at radius 3 is 2.76 bits per heavy atom. The van der Waals surface area contributed by atoms with Gasteiger partial charge in [-0.25, -0.2) is 19.6 Å². The minimum atomic E-state index is -2.56. The topological polar surface area (TPSA) is 73.1 Å². The largest absolute Gasteiger partial charge is 0.471 e. The standard InChI is InChI=1S/C10H10F2N4O/c11-8(12)5-17-9-6-3-1-2-4-7(6)14-10(15-9)16-13/h1-4,8H,5,13H2,(H,14,15,16). The molecule has 0 atom stereocenters. The molecule has 7 heteroatoms. The highest BCUT2D eigenvalue weighted by Gasteiger charge is 2.10. The zero-order chi connectivity index (χ0) is 12.3. The molecule has 2 aromatic rings. The fourth-order valence-electron chi connectivity index (χ4n) is 1.36. The van der Waals surface area contributed by atoms with Gasteiger partial charge in [0, 0.05) is 0 Å². The van der Waals surface area contributed by atoms with E-state index in [-0.39, 0.29) is 11.8 Å². The van der Waals surface area contributed by atoms with Crippen molar-refractivity contribution in [1.29, 1.82) is 0 Å². The normalized spacial score (nSPS) is 10.8. The molecule has 1 aromatic carbocycles. The highest BCUT2D eigenvalue weighted by atomic mass is 19.3. The van der Waals surface area contributed by atoms with E-state index in [1.54, 1.807) is 24.3 Å². The molecule has 0 saturated heterocycles. The highest BCUT2D eigenvalue weighted by molar-refractivity contribution is 5.84. The molecule has 0 radical (unpaired) electrons. The molecule has 0 saturated carbocycles. The maximum absolute atomic E-state index is 12.1. The van der Waals surface area contributed by atoms with Crippen molar-refractivity contribution in [3.8, 4) is 5.88 Å². The Morgan fingerprint density at radius 1 is 1.29 bits per heavy atom. The number of alkyl halides is 2. The Balaban J connectivity index is 2.43. The molecule has 0 aliphatic heterocycles. The number of nitrogens with one attached hydrogen (secondary N) is 1. The minimum absolute atomic E-state index is 0.0869. The van der Waals surface area contributed by atoms with Crippen molar-refractivity contribution in [2.75, 3.05) is 12.0 Å². The molecule has 17 heavy (non-hydrogen) atoms. The predicted molar refractivity (Wildman–Crippen MR) is 58.8 cm³/mol. The van der Waals surface area contributed by atoms with Crippen LogP contribution in [0, 0.1) is 0 Å². The van der Waals surface area contributed by atoms with Crippen LogP contribution in [-0.2, 0) is 0 Å². The van der Waals surface area contributed by atoms with E-state index in [1.165, 1.54) is 0 Å². The third-order valence-electron chi connectivity index (χ3n) is 2.04. The van der Waals surface area contributed by atoms with E-state index in [9.17, 15) is 8.78 Å². The van der Waals surface area contributed by atoms with Crippen molar-refractivity contribution in [3.63, 3.8) is 0 Å². The number of nitrogen functional groups attached to an aromatic ring is 1. The van der Waals surface area contributed by atoms with E-state index >= 15 is 0 Å². The van der Waals surface area contributed by atoms with Crippen molar-refractivity contribution >= 4 is 16.9 Å². The van der Waals surface area contributed by atoms with Crippen LogP contribution < -0.4 is 16.0 Å². The van der Waals surface area contributed by atoms with Crippen LogP contribution in [0.5, 0.6) is 5.88 Å². The molecule has 0 bridgehead atoms. The number of aromatic nitrogens is 2. The van der Waals surface area contributed by atoms with Gasteiger partial charge < -0.3 is 4.74 Å². The summed E-state index contributed by atoms with van der Waals surface area (Å²) in [7, 11) is 0. The number of nitrogens with zero attached hydrogens (tertiary/aromatic N) is 2. The van der Waals surface area contributed by atoms with Crippen LogP contribution in [0.4, 0.5) is 14.7 Å². The van der Waals surface area contributed by atoms with Gasteiger partial charge in [0.1, 0.15) is 0 Å². The summed E-state index contributed by atoms with van der Waals surface area (Å²) < 4.78 is 29.1. The summed E-state index contributed by atoms with van der Waals surface area (Å²) in [6, 6.07) is 6.92. The predicted octanol–water partition coefficient (Wildman–Crippen LogP) is 1.56. The van der Waals surface area contributed by atoms with Crippen LogP contribution in [0.15, 0.2) is 24.3 Å². The Hall–Kier alpha value is -2.02. The first kappa shape index (κ1) is 11.5. The summed E-state index contributed by atoms with van der Waals surface area (Å²) in [5, 5.41) is 0.562. The van der Waals surface area contributed by atoms with Crippen LogP contribution >= 0.6 is 0 Å². The summed E-state index contributed by atoms with van der Waals surface area (Å²) in [5.74, 6) is 5.39. The summed E-state index contributed by atoms with van der Waals surface area (Å²) in [6.07, 6.45) is -2.56. The van der Waals surface area contributed by atoms with Crippen molar-refractivity contribution in [2.24, 2.45) is 5.84 Å². The van der Waals surface area contributed by atoms with Crippen LogP contribution in [0.3, 0.4) is 0 Å². The molecule has 5 nitrogen and oxygen atoms in total. The Kier molecular flexibility index (Phi) is 3.29. The fraction of sp³-hybridized carbons (Fsp3) is 0.200. The smallest absolute Gasteiger partial charge is 0.272 e. The fourth-order valence-corrected chi connectivity index (χ4v) is 1.36. The Bertz CT molecular complexity index is 521. The number of benzene rings is 1. The molecule has 2 rings (SSSR count). The minimum Gasteiger partial charge on any atom is -0.471 e. The number of para-hydroxylation sites is 1. The number of fused-ring (bicyclic) bond motifs is 1. The molecular formula is C10H10F2N4O. The maximum Gasteiger partial charge on any atom is 0.272 e. The molecule has 3 N–H and O–H groups in total. The van der Waals surface area contributed by atoms with Gasteiger partial charge in [0.15, 0.2) is 6.61 Å². The van der Waals surface area contributed by atoms with Crippen LogP contribution in [-0.4, -0.2) is 23.0 Å². The zero-order valence-electron chi connectivity index (χ0n) is 8.73. The average Bonchev–Trinajstić information content (AvgIpc) is 2.35. The molecule has 0 aliphatic rings. The quantitative estimate of drug-likeness (QED) is 0.626. The second kappa shape index (κ2) is 4.88. The third kappa shape index (κ3) is 2.56. The lowest BCUT2D eigenvalue weighted by Crippen LogP contribution is -2.13. The first-order valence-corrected chi connectivity index (χ1v) is 4.85. The van der Waals surface area contributed by atoms with E-state index in [2.05, 4.69) is 15.4 Å². The monoisotopic (exact) mass is 240 g/mol. The lowest BCUT2D eigenvalue weighted by atomic mass is 10.2. The second-order valence-corrected chi connectivity index (χ2v) is 3.22. The Morgan fingerprint density at radius 2 is 2.06 bits per heavy atom. The number of halogens is 2. The molecule has 0 aliphatic carbocycles. The van der Waals surface area contributed by atoms with Gasteiger partial charge in [-0.15, -0.1) is 0 Å². The van der Waals surface area contributed by atoms with E-state index < -0.39 is 13.0 Å². The summed E-state index contributed by atoms with van der Waals surface area (Å²) in [4.78, 5) is 7.96. The Labute approximate surface area is 95.6 Å². The lowest BCUT2D eigenvalue weighted by molar-refractivity contribution is 0.0804. The first-order chi connectivity index (χ1) is 8.20. The highest BCUT2D eigenvalue weighted by Crippen LogP contribution is 2.23. The van der Waals surface area contributed by atoms with Gasteiger partial charge in [-0.1, -0.05) is 12.1 Å². The number of rotatable bonds is 4. The van der Waals surface area contributed by atoms with E-state index in [0.29, 0.717) is 10.9 Å². The molecule has 0 spiro atoms. The van der Waals surface area contributed by atoms with Crippen molar-refractivity contribution < 1.29 is 13.5 Å². The van der Waals surface area contributed by atoms with Gasteiger partial charge in [-0.05, 0) is 12.1 Å². The first-order valence-electron chi connectivity index (χ1n) is 4.85. The number of ether oxygens (including phenoxy) is 1. The SMILES string of the molecule is NNc1nc(OCC(F)F)c2ccccc2n1. The van der Waals surface area contributed by atoms with Crippen LogP contribution in [0.25, 0.3) is 10.9 Å². The van der Waals surface area contributed by atoms with Gasteiger partial charge in [0.25, 0.3) is 6.43 Å². The number of hydrogen-bond acceptors (Lipinski definition) is 5. The van der Waals surface area contributed by atoms with E-state index in [0.717, 1.165) is 0 Å². The van der Waals surface area contributed by atoms with Crippen molar-refractivity contribution in [3.05, 3.63) is 24.3 Å². The molecule has 1 aromatic heterocycles. The summed E-state index contributed by atoms with van der Waals surface area (Å²) >= 11 is 0. The summed E-state index contributed by atoms with van der Waals surface area (Å²) in [6.45, 7) is -0.717. The molecule has 0 unspecified atom stereocenters. The van der Waals surface area contributed by atoms with Crippen LogP contribution in [0.1, 0.15) is 0 Å². The van der Waals surface area contributed by atoms with Crippen molar-refractivity contribution in [2.45, 2.75) is 6.43 Å². The molecule has 0 fully saturated rings. The lowest BCUT2D eigenvalue weighted by Gasteiger charge is -2.09. The van der Waals surface area contributed by atoms with Gasteiger partial charge in [-0.3, -0.25) is 5.43 Å². The molecule has 0 amide bonds. The van der Waals surface area contributed by atoms with Crippen molar-refractivity contribution in [1.82, 2.24) is 9.97 Å². The van der Waals surface area contributed by atoms with Gasteiger partial charge in [0.2, 0.25) is 11.8 Å². The number of anilines is 1. The van der Waals surface area contributed by atoms with Gasteiger partial charge in [0.05, 0.1) is 10.9 Å². The van der Waals surface area contributed by atoms with Crippen LogP contribution in [0.2, 0.25) is 0 Å².